The van der Waals surface area contributed by atoms with Crippen LogP contribution in [0.15, 0.2) is 29.3 Å². The number of carboxylic acid groups (broad SMARTS) is 1. The summed E-state index contributed by atoms with van der Waals surface area (Å²) in [6.45, 7) is 3.87. The first-order valence-corrected chi connectivity index (χ1v) is 9.38. The van der Waals surface area contributed by atoms with Crippen LogP contribution in [0.25, 0.3) is 0 Å². The van der Waals surface area contributed by atoms with Gasteiger partial charge in [0.25, 0.3) is 0 Å². The van der Waals surface area contributed by atoms with Gasteiger partial charge in [-0.3, -0.25) is 14.7 Å². The van der Waals surface area contributed by atoms with Gasteiger partial charge in [-0.1, -0.05) is 19.1 Å². The summed E-state index contributed by atoms with van der Waals surface area (Å²) in [4.78, 5) is 18.3. The van der Waals surface area contributed by atoms with Crippen molar-refractivity contribution in [3.63, 3.8) is 0 Å². The molecule has 0 aliphatic carbocycles. The Hall–Kier alpha value is -1.18. The number of nitrogens with zero attached hydrogens (tertiary/aromatic N) is 2. The number of carboxylic acids is 1. The molecule has 1 aromatic carbocycles. The van der Waals surface area contributed by atoms with Crippen LogP contribution in [0, 0.1) is 0 Å². The van der Waals surface area contributed by atoms with E-state index in [0.717, 1.165) is 10.6 Å². The van der Waals surface area contributed by atoms with E-state index < -0.39 is 11.5 Å². The molecule has 0 aromatic heterocycles. The lowest BCUT2D eigenvalue weighted by Gasteiger charge is -2.33. The predicted molar refractivity (Wildman–Crippen MR) is 95.5 cm³/mol. The summed E-state index contributed by atoms with van der Waals surface area (Å²) in [5.74, 6) is -0.00800. The molecule has 0 spiro atoms. The van der Waals surface area contributed by atoms with E-state index in [1.807, 2.05) is 24.1 Å². The Morgan fingerprint density at radius 3 is 2.74 bits per heavy atom. The number of aliphatic carboxylic acids is 1. The number of carbonyl (C=O) groups is 1. The van der Waals surface area contributed by atoms with Gasteiger partial charge in [-0.05, 0) is 26.1 Å². The highest BCUT2D eigenvalue weighted by Crippen LogP contribution is 2.44. The van der Waals surface area contributed by atoms with Crippen LogP contribution in [0.5, 0.6) is 5.75 Å². The summed E-state index contributed by atoms with van der Waals surface area (Å²) in [5.41, 5.74) is -0.106. The fourth-order valence-corrected chi connectivity index (χ4v) is 5.94. The molecule has 5 nitrogen and oxygen atoms in total. The molecule has 23 heavy (non-hydrogen) atoms. The van der Waals surface area contributed by atoms with Gasteiger partial charge in [0.05, 0.1) is 11.4 Å². The Morgan fingerprint density at radius 1 is 1.43 bits per heavy atom. The van der Waals surface area contributed by atoms with Gasteiger partial charge in [-0.2, -0.15) is 0 Å². The van der Waals surface area contributed by atoms with Crippen molar-refractivity contribution >= 4 is 34.5 Å². The number of hydrogen-bond donors (Lipinski definition) is 2. The molecule has 3 rings (SSSR count). The number of aliphatic imine (C=N–C) groups is 1. The van der Waals surface area contributed by atoms with Gasteiger partial charge in [-0.25, -0.2) is 0 Å². The molecule has 2 heterocycles. The number of phenols is 1. The highest BCUT2D eigenvalue weighted by atomic mass is 32.2. The molecular weight excluding hydrogens is 332 g/mol. The van der Waals surface area contributed by atoms with Crippen molar-refractivity contribution in [2.45, 2.75) is 36.1 Å². The molecule has 124 valence electrons. The predicted octanol–water partition coefficient (Wildman–Crippen LogP) is 2.49. The van der Waals surface area contributed by atoms with Gasteiger partial charge < -0.3 is 10.2 Å². The highest BCUT2D eigenvalue weighted by Gasteiger charge is 2.51. The maximum atomic E-state index is 11.6. The fourth-order valence-electron chi connectivity index (χ4n) is 2.88. The molecule has 2 N–H and O–H groups in total. The first kappa shape index (κ1) is 16.7. The van der Waals surface area contributed by atoms with Gasteiger partial charge in [-0.15, -0.1) is 23.5 Å². The van der Waals surface area contributed by atoms with Crippen LogP contribution < -0.4 is 0 Å². The molecule has 7 heteroatoms. The molecule has 4 atom stereocenters. The van der Waals surface area contributed by atoms with E-state index in [0.29, 0.717) is 5.75 Å². The molecule has 1 aromatic rings. The molecule has 0 amide bonds. The summed E-state index contributed by atoms with van der Waals surface area (Å²) in [6.07, 6.45) is 0. The maximum absolute atomic E-state index is 11.6. The largest absolute Gasteiger partial charge is 0.507 e. The lowest BCUT2D eigenvalue weighted by molar-refractivity contribution is -0.147. The molecule has 0 radical (unpaired) electrons. The van der Waals surface area contributed by atoms with E-state index in [1.165, 1.54) is 0 Å². The summed E-state index contributed by atoms with van der Waals surface area (Å²) in [6, 6.07) is 7.20. The van der Waals surface area contributed by atoms with Crippen molar-refractivity contribution in [3.8, 4) is 5.75 Å². The van der Waals surface area contributed by atoms with Crippen molar-refractivity contribution in [2.24, 2.45) is 4.99 Å². The number of thioether (sulfide) groups is 2. The number of para-hydroxylation sites is 1. The normalized spacial score (nSPS) is 34.6. The Labute approximate surface area is 144 Å². The third-order valence-corrected chi connectivity index (χ3v) is 7.49. The third kappa shape index (κ3) is 2.75. The molecule has 1 fully saturated rings. The zero-order valence-corrected chi connectivity index (χ0v) is 14.9. The molecule has 2 aliphatic rings. The summed E-state index contributed by atoms with van der Waals surface area (Å²) >= 11 is 3.29. The van der Waals surface area contributed by atoms with Crippen LogP contribution >= 0.6 is 23.5 Å². The first-order valence-electron chi connectivity index (χ1n) is 7.45. The number of aromatic hydroxyl groups is 1. The Kier molecular flexibility index (Phi) is 4.37. The van der Waals surface area contributed by atoms with E-state index >= 15 is 0 Å². The number of hydrogen-bond acceptors (Lipinski definition) is 6. The van der Waals surface area contributed by atoms with E-state index in [2.05, 4.69) is 6.92 Å². The standard InChI is InChI=1S/C16H20N2O3S2/c1-9-12(14-18(3)16(2,8-22-14)15(20)21)17-13(23-9)10-6-4-5-7-11(10)19/h4-7,9,12,14,19H,8H2,1-3H3,(H,20,21)/t9-,12+,14+,16+/m0/s1. The van der Waals surface area contributed by atoms with Crippen LogP contribution in [0.2, 0.25) is 0 Å². The SMILES string of the molecule is C[C@@H]1SC(c2ccccc2O)=N[C@H]1[C@H]1SC[C@](C)(C(=O)O)N1C. The quantitative estimate of drug-likeness (QED) is 0.871. The smallest absolute Gasteiger partial charge is 0.324 e. The number of likely N-dealkylation sites (N-methyl/N-ethyl adjacent to an activating group) is 1. The molecule has 0 unspecified atom stereocenters. The van der Waals surface area contributed by atoms with Crippen molar-refractivity contribution in [2.75, 3.05) is 12.8 Å². The van der Waals surface area contributed by atoms with Gasteiger partial charge in [0.2, 0.25) is 0 Å². The van der Waals surface area contributed by atoms with E-state index in [4.69, 9.17) is 4.99 Å². The van der Waals surface area contributed by atoms with Crippen molar-refractivity contribution in [3.05, 3.63) is 29.8 Å². The zero-order valence-electron chi connectivity index (χ0n) is 13.3. The van der Waals surface area contributed by atoms with Crippen molar-refractivity contribution in [1.82, 2.24) is 4.90 Å². The molecular formula is C16H20N2O3S2. The van der Waals surface area contributed by atoms with E-state index in [1.54, 1.807) is 42.6 Å². The average Bonchev–Trinajstić information content (AvgIpc) is 3.02. The summed E-state index contributed by atoms with van der Waals surface area (Å²) in [5, 5.41) is 20.6. The topological polar surface area (TPSA) is 73.1 Å². The van der Waals surface area contributed by atoms with Crippen LogP contribution in [0.1, 0.15) is 19.4 Å². The molecule has 0 bridgehead atoms. The Balaban J connectivity index is 1.87. The monoisotopic (exact) mass is 352 g/mol. The lowest BCUT2D eigenvalue weighted by Crippen LogP contribution is -2.52. The minimum atomic E-state index is -0.854. The van der Waals surface area contributed by atoms with Crippen molar-refractivity contribution in [1.29, 1.82) is 0 Å². The third-order valence-electron chi connectivity index (χ3n) is 4.63. The van der Waals surface area contributed by atoms with E-state index in [-0.39, 0.29) is 22.4 Å². The van der Waals surface area contributed by atoms with Gasteiger partial charge in [0.1, 0.15) is 16.3 Å². The maximum Gasteiger partial charge on any atom is 0.324 e. The zero-order chi connectivity index (χ0) is 16.8. The average molecular weight is 352 g/mol. The fraction of sp³-hybridized carbons (Fsp3) is 0.500. The highest BCUT2D eigenvalue weighted by molar-refractivity contribution is 8.15. The Morgan fingerprint density at radius 2 is 2.13 bits per heavy atom. The molecule has 2 aliphatic heterocycles. The van der Waals surface area contributed by atoms with Crippen LogP contribution in [0.3, 0.4) is 0 Å². The minimum absolute atomic E-state index is 0.00535. The second-order valence-electron chi connectivity index (χ2n) is 6.16. The second kappa shape index (κ2) is 6.03. The molecule has 1 saturated heterocycles. The summed E-state index contributed by atoms with van der Waals surface area (Å²) < 4.78 is 0. The second-order valence-corrected chi connectivity index (χ2v) is 8.63. The van der Waals surface area contributed by atoms with Gasteiger partial charge in [0.15, 0.2) is 0 Å². The lowest BCUT2D eigenvalue weighted by atomic mass is 10.0. The Bertz CT molecular complexity index is 666. The van der Waals surface area contributed by atoms with E-state index in [9.17, 15) is 15.0 Å². The first-order chi connectivity index (χ1) is 10.8. The minimum Gasteiger partial charge on any atom is -0.507 e. The van der Waals surface area contributed by atoms with Crippen LogP contribution in [-0.2, 0) is 4.79 Å². The van der Waals surface area contributed by atoms with Gasteiger partial charge in [0, 0.05) is 16.6 Å². The summed E-state index contributed by atoms with van der Waals surface area (Å²) in [7, 11) is 1.86. The van der Waals surface area contributed by atoms with Crippen molar-refractivity contribution < 1.29 is 15.0 Å². The molecule has 0 saturated carbocycles. The van der Waals surface area contributed by atoms with Gasteiger partial charge >= 0.3 is 5.97 Å². The number of phenolic OH excluding ortho intramolecular Hbond substituents is 1. The van der Waals surface area contributed by atoms with Crippen LogP contribution in [0.4, 0.5) is 0 Å². The number of rotatable bonds is 3. The number of benzene rings is 1. The van der Waals surface area contributed by atoms with Crippen LogP contribution in [-0.4, -0.2) is 61.1 Å².